The molecule has 1 fully saturated rings. The van der Waals surface area contributed by atoms with Crippen molar-refractivity contribution in [2.75, 3.05) is 32.9 Å². The van der Waals surface area contributed by atoms with Crippen LogP contribution in [0.1, 0.15) is 31.0 Å². The van der Waals surface area contributed by atoms with Gasteiger partial charge >= 0.3 is 0 Å². The molecule has 0 bridgehead atoms. The molecular formula is C27H33F2N3O4. The minimum atomic E-state index is -0.803. The highest BCUT2D eigenvalue weighted by Gasteiger charge is 2.26. The molecule has 1 aliphatic rings. The second kappa shape index (κ2) is 12.4. The number of para-hydroxylation sites is 1. The Hall–Kier alpha value is -2.85. The van der Waals surface area contributed by atoms with Crippen LogP contribution in [0.5, 0.6) is 11.6 Å². The zero-order chi connectivity index (χ0) is 25.5. The highest BCUT2D eigenvalue weighted by molar-refractivity contribution is 5.43. The normalized spacial score (nSPS) is 16.6. The van der Waals surface area contributed by atoms with Crippen LogP contribution in [0.2, 0.25) is 0 Å². The predicted octanol–water partition coefficient (Wildman–Crippen LogP) is 4.63. The first-order chi connectivity index (χ1) is 17.4. The van der Waals surface area contributed by atoms with Gasteiger partial charge in [-0.15, -0.1) is 0 Å². The number of nitrogens with zero attached hydrogens (tertiary/aromatic N) is 3. The molecule has 4 rings (SSSR count). The van der Waals surface area contributed by atoms with Gasteiger partial charge in [-0.2, -0.15) is 5.10 Å². The molecule has 3 aromatic rings. The first kappa shape index (κ1) is 26.2. The van der Waals surface area contributed by atoms with Gasteiger partial charge in [0.25, 0.3) is 0 Å². The zero-order valence-electron chi connectivity index (χ0n) is 20.7. The Labute approximate surface area is 210 Å². The Balaban J connectivity index is 1.68. The molecule has 1 N–H and O–H groups in total. The summed E-state index contributed by atoms with van der Waals surface area (Å²) >= 11 is 0. The summed E-state index contributed by atoms with van der Waals surface area (Å²) in [5.41, 5.74) is 2.18. The first-order valence-electron chi connectivity index (χ1n) is 12.3. The summed E-state index contributed by atoms with van der Waals surface area (Å²) < 4.78 is 47.0. The van der Waals surface area contributed by atoms with Crippen LogP contribution in [0.25, 0.3) is 5.69 Å². The third kappa shape index (κ3) is 6.67. The first-order valence-corrected chi connectivity index (χ1v) is 12.3. The van der Waals surface area contributed by atoms with Crippen molar-refractivity contribution in [2.45, 2.75) is 45.4 Å². The van der Waals surface area contributed by atoms with Crippen molar-refractivity contribution in [2.24, 2.45) is 0 Å². The van der Waals surface area contributed by atoms with Gasteiger partial charge < -0.3 is 19.3 Å². The van der Waals surface area contributed by atoms with E-state index >= 15 is 0 Å². The zero-order valence-corrected chi connectivity index (χ0v) is 20.7. The van der Waals surface area contributed by atoms with Gasteiger partial charge in [-0.05, 0) is 51.0 Å². The molecule has 0 saturated carbocycles. The van der Waals surface area contributed by atoms with Gasteiger partial charge in [-0.3, -0.25) is 4.90 Å². The Kier molecular flexibility index (Phi) is 9.03. The summed E-state index contributed by atoms with van der Waals surface area (Å²) in [6.07, 6.45) is 1.33. The van der Waals surface area contributed by atoms with Crippen LogP contribution >= 0.6 is 0 Å². The minimum absolute atomic E-state index is 0.0627. The van der Waals surface area contributed by atoms with E-state index in [0.717, 1.165) is 42.8 Å². The molecule has 36 heavy (non-hydrogen) atoms. The molecule has 0 aliphatic carbocycles. The van der Waals surface area contributed by atoms with Gasteiger partial charge in [0.05, 0.1) is 35.8 Å². The van der Waals surface area contributed by atoms with E-state index < -0.39 is 17.7 Å². The molecule has 2 aromatic carbocycles. The average Bonchev–Trinajstić information content (AvgIpc) is 3.48. The molecule has 194 valence electrons. The largest absolute Gasteiger partial charge is 0.435 e. The number of halogens is 2. The molecule has 1 aliphatic heterocycles. The van der Waals surface area contributed by atoms with E-state index in [2.05, 4.69) is 10.00 Å². The van der Waals surface area contributed by atoms with Crippen molar-refractivity contribution in [1.82, 2.24) is 14.7 Å². The van der Waals surface area contributed by atoms with Crippen molar-refractivity contribution < 1.29 is 28.1 Å². The van der Waals surface area contributed by atoms with Crippen LogP contribution in [-0.2, 0) is 16.0 Å². The van der Waals surface area contributed by atoms with Gasteiger partial charge in [-0.25, -0.2) is 13.5 Å². The van der Waals surface area contributed by atoms with E-state index in [1.165, 1.54) is 6.07 Å². The van der Waals surface area contributed by atoms with Crippen molar-refractivity contribution in [3.8, 4) is 17.3 Å². The Morgan fingerprint density at radius 1 is 1.22 bits per heavy atom. The fourth-order valence-corrected chi connectivity index (χ4v) is 4.34. The Bertz CT molecular complexity index is 1120. The van der Waals surface area contributed by atoms with Gasteiger partial charge in [0.15, 0.2) is 11.6 Å². The van der Waals surface area contributed by atoms with E-state index in [4.69, 9.17) is 14.2 Å². The molecule has 0 radical (unpaired) electrons. The number of rotatable bonds is 12. The number of hydrogen-bond acceptors (Lipinski definition) is 6. The van der Waals surface area contributed by atoms with Crippen LogP contribution in [0.3, 0.4) is 0 Å². The molecule has 1 aromatic heterocycles. The number of ether oxygens (including phenoxy) is 3. The van der Waals surface area contributed by atoms with Crippen molar-refractivity contribution in [1.29, 1.82) is 0 Å². The second-order valence-electron chi connectivity index (χ2n) is 8.94. The molecule has 2 heterocycles. The van der Waals surface area contributed by atoms with Gasteiger partial charge in [-0.1, -0.05) is 18.2 Å². The quantitative estimate of drug-likeness (QED) is 0.390. The number of hydrogen-bond donors (Lipinski definition) is 1. The second-order valence-corrected chi connectivity index (χ2v) is 8.94. The van der Waals surface area contributed by atoms with Crippen molar-refractivity contribution in [3.05, 3.63) is 71.4 Å². The van der Waals surface area contributed by atoms with Crippen molar-refractivity contribution >= 4 is 0 Å². The lowest BCUT2D eigenvalue weighted by Crippen LogP contribution is -2.39. The maximum absolute atomic E-state index is 14.6. The fourth-order valence-electron chi connectivity index (χ4n) is 4.34. The summed E-state index contributed by atoms with van der Waals surface area (Å²) in [6.45, 7) is 6.59. The van der Waals surface area contributed by atoms with Gasteiger partial charge in [0, 0.05) is 38.9 Å². The van der Waals surface area contributed by atoms with Crippen molar-refractivity contribution in [3.63, 3.8) is 0 Å². The Morgan fingerprint density at radius 3 is 2.72 bits per heavy atom. The summed E-state index contributed by atoms with van der Waals surface area (Å²) in [6, 6.07) is 12.6. The van der Waals surface area contributed by atoms with Crippen LogP contribution in [0.4, 0.5) is 8.78 Å². The molecule has 7 nitrogen and oxygen atoms in total. The minimum Gasteiger partial charge on any atom is -0.435 e. The third-order valence-corrected chi connectivity index (χ3v) is 6.09. The SMILES string of the molecule is CCOC[C@@H](O)CN(Cc1c(C)nn(-c2ccccc2)c1Oc1ccc(F)cc1F)C[C@H]1CCCO1. The standard InChI is InChI=1S/C27H33F2N3O4/c1-3-34-18-22(33)15-31(16-23-10-7-13-35-23)17-24-19(2)30-32(21-8-5-4-6-9-21)27(24)36-26-12-11-20(28)14-25(26)29/h4-6,8-9,11-12,14,22-23,33H,3,7,10,13,15-18H2,1-2H3/t22-,23+/m0/s1. The summed E-state index contributed by atoms with van der Waals surface area (Å²) in [5.74, 6) is -1.25. The molecule has 1 saturated heterocycles. The number of aliphatic hydroxyl groups is 1. The molecule has 0 spiro atoms. The lowest BCUT2D eigenvalue weighted by molar-refractivity contribution is 0.00497. The lowest BCUT2D eigenvalue weighted by atomic mass is 10.1. The van der Waals surface area contributed by atoms with Crippen LogP contribution in [-0.4, -0.2) is 64.9 Å². The van der Waals surface area contributed by atoms with Crippen LogP contribution < -0.4 is 4.74 Å². The monoisotopic (exact) mass is 501 g/mol. The molecule has 0 unspecified atom stereocenters. The predicted molar refractivity (Wildman–Crippen MR) is 131 cm³/mol. The van der Waals surface area contributed by atoms with E-state index in [9.17, 15) is 13.9 Å². The molecule has 0 amide bonds. The highest BCUT2D eigenvalue weighted by Crippen LogP contribution is 2.33. The van der Waals surface area contributed by atoms with Crippen LogP contribution in [0.15, 0.2) is 48.5 Å². The Morgan fingerprint density at radius 2 is 2.03 bits per heavy atom. The maximum atomic E-state index is 14.6. The number of aromatic nitrogens is 2. The summed E-state index contributed by atoms with van der Waals surface area (Å²) in [5, 5.41) is 15.3. The van der Waals surface area contributed by atoms with E-state index in [-0.39, 0.29) is 18.5 Å². The molecular weight excluding hydrogens is 468 g/mol. The molecule has 2 atom stereocenters. The molecule has 9 heteroatoms. The lowest BCUT2D eigenvalue weighted by Gasteiger charge is -2.27. The number of aryl methyl sites for hydroxylation is 1. The number of aliphatic hydroxyl groups excluding tert-OH is 1. The topological polar surface area (TPSA) is 69.0 Å². The van der Waals surface area contributed by atoms with Gasteiger partial charge in [0.2, 0.25) is 5.88 Å². The number of benzene rings is 2. The summed E-state index contributed by atoms with van der Waals surface area (Å²) in [4.78, 5) is 2.09. The summed E-state index contributed by atoms with van der Waals surface area (Å²) in [7, 11) is 0. The maximum Gasteiger partial charge on any atom is 0.227 e. The van der Waals surface area contributed by atoms with Gasteiger partial charge in [0.1, 0.15) is 5.82 Å². The van der Waals surface area contributed by atoms with E-state index in [0.29, 0.717) is 37.8 Å². The average molecular weight is 502 g/mol. The van der Waals surface area contributed by atoms with Crippen LogP contribution in [0, 0.1) is 18.6 Å². The van der Waals surface area contributed by atoms with E-state index in [1.807, 2.05) is 44.2 Å². The van der Waals surface area contributed by atoms with E-state index in [1.54, 1.807) is 4.68 Å². The highest BCUT2D eigenvalue weighted by atomic mass is 19.1. The third-order valence-electron chi connectivity index (χ3n) is 6.09. The fraction of sp³-hybridized carbons (Fsp3) is 0.444. The smallest absolute Gasteiger partial charge is 0.227 e.